The Balaban J connectivity index is 1.80. The predicted molar refractivity (Wildman–Crippen MR) is 90.3 cm³/mol. The molecule has 3 nitrogen and oxygen atoms in total. The summed E-state index contributed by atoms with van der Waals surface area (Å²) in [5, 5.41) is 4.30. The van der Waals surface area contributed by atoms with Crippen molar-refractivity contribution in [2.45, 2.75) is 50.0 Å². The molecule has 22 heavy (non-hydrogen) atoms. The lowest BCUT2D eigenvalue weighted by Gasteiger charge is -2.42. The first-order chi connectivity index (χ1) is 10.6. The highest BCUT2D eigenvalue weighted by atomic mass is 35.5. The number of nitrogens with one attached hydrogen (secondary N) is 1. The van der Waals surface area contributed by atoms with Gasteiger partial charge in [0.25, 0.3) is 0 Å². The average molecular weight is 341 g/mol. The largest absolute Gasteiger partial charge is 0.352 e. The van der Waals surface area contributed by atoms with E-state index in [1.807, 2.05) is 12.1 Å². The number of carbonyl (C=O) groups excluding carboxylic acids is 1. The van der Waals surface area contributed by atoms with E-state index in [1.165, 1.54) is 0 Å². The number of amides is 1. The van der Waals surface area contributed by atoms with Gasteiger partial charge in [0.1, 0.15) is 0 Å². The van der Waals surface area contributed by atoms with E-state index in [0.717, 1.165) is 44.1 Å². The molecule has 2 aliphatic rings. The normalized spacial score (nSPS) is 26.5. The van der Waals surface area contributed by atoms with E-state index in [9.17, 15) is 4.79 Å². The van der Waals surface area contributed by atoms with Crippen LogP contribution in [0.15, 0.2) is 18.2 Å². The van der Waals surface area contributed by atoms with Gasteiger partial charge in [0.2, 0.25) is 5.91 Å². The summed E-state index contributed by atoms with van der Waals surface area (Å²) in [6.07, 6.45) is 6.10. The van der Waals surface area contributed by atoms with Crippen molar-refractivity contribution < 1.29 is 4.79 Å². The van der Waals surface area contributed by atoms with E-state index in [1.54, 1.807) is 6.07 Å². The van der Waals surface area contributed by atoms with Crippen molar-refractivity contribution in [3.63, 3.8) is 0 Å². The molecule has 2 atom stereocenters. The van der Waals surface area contributed by atoms with Crippen LogP contribution in [0.25, 0.3) is 0 Å². The van der Waals surface area contributed by atoms with Gasteiger partial charge in [-0.2, -0.15) is 0 Å². The SMILES string of the molecule is NC[C@@H]1CCC[C@@H]1NC(=O)C1(c2ccc(Cl)c(Cl)c2)CCC1. The molecule has 3 rings (SSSR count). The predicted octanol–water partition coefficient (Wildman–Crippen LogP) is 3.66. The van der Waals surface area contributed by atoms with E-state index in [0.29, 0.717) is 22.5 Å². The lowest BCUT2D eigenvalue weighted by Crippen LogP contribution is -2.53. The summed E-state index contributed by atoms with van der Waals surface area (Å²) in [6.45, 7) is 0.644. The zero-order valence-corrected chi connectivity index (χ0v) is 14.1. The Hall–Kier alpha value is -0.770. The Labute approximate surface area is 141 Å². The number of nitrogens with two attached hydrogens (primary N) is 1. The minimum atomic E-state index is -0.435. The highest BCUT2D eigenvalue weighted by Crippen LogP contribution is 2.45. The quantitative estimate of drug-likeness (QED) is 0.878. The second kappa shape index (κ2) is 6.38. The number of hydrogen-bond acceptors (Lipinski definition) is 2. The molecule has 120 valence electrons. The Morgan fingerprint density at radius 2 is 2.00 bits per heavy atom. The lowest BCUT2D eigenvalue weighted by atomic mass is 9.63. The third-order valence-corrected chi connectivity index (χ3v) is 6.13. The van der Waals surface area contributed by atoms with Gasteiger partial charge in [-0.05, 0) is 55.8 Å². The Morgan fingerprint density at radius 1 is 1.23 bits per heavy atom. The van der Waals surface area contributed by atoms with Crippen LogP contribution in [-0.2, 0) is 10.2 Å². The van der Waals surface area contributed by atoms with E-state index < -0.39 is 5.41 Å². The number of carbonyl (C=O) groups is 1. The fourth-order valence-electron chi connectivity index (χ4n) is 3.79. The number of hydrogen-bond donors (Lipinski definition) is 2. The summed E-state index contributed by atoms with van der Waals surface area (Å²) in [5.41, 5.74) is 6.36. The van der Waals surface area contributed by atoms with Gasteiger partial charge in [-0.3, -0.25) is 4.79 Å². The van der Waals surface area contributed by atoms with Crippen LogP contribution in [0.5, 0.6) is 0 Å². The molecule has 1 aromatic carbocycles. The molecule has 2 aliphatic carbocycles. The van der Waals surface area contributed by atoms with Crippen LogP contribution in [0.1, 0.15) is 44.1 Å². The molecule has 3 N–H and O–H groups in total. The zero-order chi connectivity index (χ0) is 15.7. The van der Waals surface area contributed by atoms with Gasteiger partial charge >= 0.3 is 0 Å². The van der Waals surface area contributed by atoms with E-state index in [4.69, 9.17) is 28.9 Å². The molecule has 0 bridgehead atoms. The maximum Gasteiger partial charge on any atom is 0.230 e. The third kappa shape index (κ3) is 2.75. The Bertz CT molecular complexity index is 572. The topological polar surface area (TPSA) is 55.1 Å². The molecule has 0 radical (unpaired) electrons. The molecule has 2 saturated carbocycles. The molecule has 0 heterocycles. The maximum atomic E-state index is 12.9. The molecular formula is C17H22Cl2N2O. The molecule has 0 unspecified atom stereocenters. The fraction of sp³-hybridized carbons (Fsp3) is 0.588. The zero-order valence-electron chi connectivity index (χ0n) is 12.6. The average Bonchev–Trinajstić information content (AvgIpc) is 2.88. The molecule has 5 heteroatoms. The molecule has 0 aromatic heterocycles. The van der Waals surface area contributed by atoms with Gasteiger partial charge in [-0.1, -0.05) is 42.1 Å². The van der Waals surface area contributed by atoms with Crippen molar-refractivity contribution in [2.75, 3.05) is 6.54 Å². The van der Waals surface area contributed by atoms with Gasteiger partial charge in [0.05, 0.1) is 15.5 Å². The van der Waals surface area contributed by atoms with Gasteiger partial charge in [0.15, 0.2) is 0 Å². The standard InChI is InChI=1S/C17H22Cl2N2O/c18-13-6-5-12(9-14(13)19)17(7-2-8-17)16(22)21-15-4-1-3-11(15)10-20/h5-6,9,11,15H,1-4,7-8,10,20H2,(H,21,22)/t11-,15-/m0/s1. The van der Waals surface area contributed by atoms with Crippen molar-refractivity contribution in [3.8, 4) is 0 Å². The second-order valence-electron chi connectivity index (χ2n) is 6.57. The third-order valence-electron chi connectivity index (χ3n) is 5.39. The number of benzene rings is 1. The van der Waals surface area contributed by atoms with Crippen LogP contribution in [0.3, 0.4) is 0 Å². The number of rotatable bonds is 4. The summed E-state index contributed by atoms with van der Waals surface area (Å²) in [7, 11) is 0. The van der Waals surface area contributed by atoms with Crippen molar-refractivity contribution in [1.82, 2.24) is 5.32 Å². The van der Waals surface area contributed by atoms with Gasteiger partial charge in [-0.25, -0.2) is 0 Å². The lowest BCUT2D eigenvalue weighted by molar-refractivity contribution is -0.130. The second-order valence-corrected chi connectivity index (χ2v) is 7.39. The smallest absolute Gasteiger partial charge is 0.230 e. The van der Waals surface area contributed by atoms with Crippen LogP contribution >= 0.6 is 23.2 Å². The van der Waals surface area contributed by atoms with Crippen LogP contribution in [0.2, 0.25) is 10.0 Å². The van der Waals surface area contributed by atoms with E-state index >= 15 is 0 Å². The molecule has 0 spiro atoms. The number of halogens is 2. The highest BCUT2D eigenvalue weighted by Gasteiger charge is 2.47. The Kier molecular flexibility index (Phi) is 4.67. The van der Waals surface area contributed by atoms with Crippen molar-refractivity contribution in [2.24, 2.45) is 11.7 Å². The van der Waals surface area contributed by atoms with Gasteiger partial charge in [-0.15, -0.1) is 0 Å². The van der Waals surface area contributed by atoms with Crippen LogP contribution < -0.4 is 11.1 Å². The summed E-state index contributed by atoms with van der Waals surface area (Å²) in [6, 6.07) is 5.78. The summed E-state index contributed by atoms with van der Waals surface area (Å²) in [5.74, 6) is 0.539. The van der Waals surface area contributed by atoms with Gasteiger partial charge < -0.3 is 11.1 Å². The van der Waals surface area contributed by atoms with Crippen molar-refractivity contribution in [1.29, 1.82) is 0 Å². The van der Waals surface area contributed by atoms with Crippen LogP contribution in [-0.4, -0.2) is 18.5 Å². The summed E-state index contributed by atoms with van der Waals surface area (Å²) < 4.78 is 0. The molecule has 1 aromatic rings. The van der Waals surface area contributed by atoms with Crippen LogP contribution in [0, 0.1) is 5.92 Å². The molecule has 2 fully saturated rings. The molecular weight excluding hydrogens is 319 g/mol. The van der Waals surface area contributed by atoms with E-state index in [-0.39, 0.29) is 11.9 Å². The minimum Gasteiger partial charge on any atom is -0.352 e. The minimum absolute atomic E-state index is 0.127. The Morgan fingerprint density at radius 3 is 2.59 bits per heavy atom. The highest BCUT2D eigenvalue weighted by molar-refractivity contribution is 6.42. The first-order valence-electron chi connectivity index (χ1n) is 8.03. The maximum absolute atomic E-state index is 12.9. The summed E-state index contributed by atoms with van der Waals surface area (Å²) >= 11 is 12.1. The first kappa shape index (κ1) is 16.1. The molecule has 1 amide bonds. The van der Waals surface area contributed by atoms with Crippen LogP contribution in [0.4, 0.5) is 0 Å². The molecule has 0 aliphatic heterocycles. The fourth-order valence-corrected chi connectivity index (χ4v) is 4.08. The van der Waals surface area contributed by atoms with E-state index in [2.05, 4.69) is 5.32 Å². The monoisotopic (exact) mass is 340 g/mol. The van der Waals surface area contributed by atoms with Gasteiger partial charge in [0, 0.05) is 6.04 Å². The first-order valence-corrected chi connectivity index (χ1v) is 8.79. The molecule has 0 saturated heterocycles. The summed E-state index contributed by atoms with van der Waals surface area (Å²) in [4.78, 5) is 12.9. The van der Waals surface area contributed by atoms with Crippen molar-refractivity contribution >= 4 is 29.1 Å². The van der Waals surface area contributed by atoms with Crippen molar-refractivity contribution in [3.05, 3.63) is 33.8 Å².